The molecule has 1 N–H and O–H groups in total. The van der Waals surface area contributed by atoms with Gasteiger partial charge in [0.2, 0.25) is 11.8 Å². The molecule has 0 aliphatic carbocycles. The average Bonchev–Trinajstić information content (AvgIpc) is 3.19. The predicted octanol–water partition coefficient (Wildman–Crippen LogP) is 3.80. The molecule has 0 aliphatic rings. The fourth-order valence-electron chi connectivity index (χ4n) is 2.95. The van der Waals surface area contributed by atoms with Gasteiger partial charge in [-0.2, -0.15) is 0 Å². The van der Waals surface area contributed by atoms with Gasteiger partial charge in [0.1, 0.15) is 16.7 Å². The number of benzene rings is 1. The van der Waals surface area contributed by atoms with E-state index < -0.39 is 33.6 Å². The lowest BCUT2D eigenvalue weighted by molar-refractivity contribution is -0.133. The molecule has 168 valence electrons. The van der Waals surface area contributed by atoms with Gasteiger partial charge < -0.3 is 4.90 Å². The monoisotopic (exact) mass is 467 g/mol. The molecule has 2 aromatic rings. The summed E-state index contributed by atoms with van der Waals surface area (Å²) in [6.45, 7) is 7.20. The van der Waals surface area contributed by atoms with E-state index >= 15 is 0 Å². The van der Waals surface area contributed by atoms with Gasteiger partial charge in [0.05, 0.1) is 5.41 Å². The van der Waals surface area contributed by atoms with Crippen LogP contribution < -0.4 is 9.62 Å². The summed E-state index contributed by atoms with van der Waals surface area (Å²) < 4.78 is 40.0. The van der Waals surface area contributed by atoms with Crippen molar-refractivity contribution in [2.45, 2.75) is 40.2 Å². The number of carbonyl (C=O) groups excluding carboxylic acids is 2. The van der Waals surface area contributed by atoms with Crippen molar-refractivity contribution in [3.8, 4) is 0 Å². The Morgan fingerprint density at radius 1 is 1.19 bits per heavy atom. The molecule has 0 aliphatic heterocycles. The molecule has 0 spiro atoms. The van der Waals surface area contributed by atoms with Crippen LogP contribution in [0.1, 0.15) is 39.1 Å². The van der Waals surface area contributed by atoms with Crippen molar-refractivity contribution >= 4 is 44.9 Å². The van der Waals surface area contributed by atoms with Gasteiger partial charge in [-0.1, -0.05) is 13.8 Å². The smallest absolute Gasteiger partial charge is 0.257 e. The molecule has 31 heavy (non-hydrogen) atoms. The van der Waals surface area contributed by atoms with Crippen molar-refractivity contribution < 1.29 is 22.4 Å². The van der Waals surface area contributed by atoms with Crippen LogP contribution in [0, 0.1) is 17.7 Å². The van der Waals surface area contributed by atoms with Gasteiger partial charge in [-0.05, 0) is 56.5 Å². The lowest BCUT2D eigenvalue weighted by Gasteiger charge is -2.31. The third-order valence-electron chi connectivity index (χ3n) is 4.26. The topological polar surface area (TPSA) is 96.4 Å². The Balaban J connectivity index is 2.28. The Labute approximate surface area is 186 Å². The number of hydrogen-bond donors (Lipinski definition) is 1. The van der Waals surface area contributed by atoms with Crippen LogP contribution >= 0.6 is 11.3 Å². The molecule has 0 fully saturated rings. The fourth-order valence-corrected chi connectivity index (χ4v) is 4.37. The van der Waals surface area contributed by atoms with Crippen LogP contribution in [0.3, 0.4) is 0 Å². The quantitative estimate of drug-likeness (QED) is 0.566. The molecule has 0 saturated carbocycles. The summed E-state index contributed by atoms with van der Waals surface area (Å²) in [5.41, 5.74) is 0.425. The Bertz CT molecular complexity index is 1020. The number of aromatic nitrogens is 1. The first-order valence-electron chi connectivity index (χ1n) is 9.73. The number of nitrogens with zero attached hydrogens (tertiary/aromatic N) is 2. The van der Waals surface area contributed by atoms with Gasteiger partial charge >= 0.3 is 0 Å². The Morgan fingerprint density at radius 3 is 2.35 bits per heavy atom. The highest BCUT2D eigenvalue weighted by Gasteiger charge is 2.34. The minimum absolute atomic E-state index is 0.0458. The molecular weight excluding hydrogens is 441 g/mol. The average molecular weight is 468 g/mol. The fraction of sp³-hybridized carbons (Fsp3) is 0.381. The second-order valence-electron chi connectivity index (χ2n) is 7.64. The lowest BCUT2D eigenvalue weighted by atomic mass is 9.94. The SMILES string of the molecule is CC(C)CC(C(=O)NS(=O)(=O)C=Cc1nccs1)C(=O)N(c1ccc(F)cc1)C(C)C. The number of amides is 2. The number of thiazole rings is 1. The Hall–Kier alpha value is -2.59. The van der Waals surface area contributed by atoms with Crippen LogP contribution in [0.5, 0.6) is 0 Å². The third-order valence-corrected chi connectivity index (χ3v) is 5.99. The van der Waals surface area contributed by atoms with Crippen LogP contribution in [0.25, 0.3) is 6.08 Å². The zero-order valence-corrected chi connectivity index (χ0v) is 19.4. The number of hydrogen-bond acceptors (Lipinski definition) is 6. The van der Waals surface area contributed by atoms with Crippen LogP contribution in [0.2, 0.25) is 0 Å². The molecule has 1 aromatic heterocycles. The van der Waals surface area contributed by atoms with Gasteiger partial charge in [0, 0.05) is 23.3 Å². The van der Waals surface area contributed by atoms with E-state index in [0.717, 1.165) is 5.41 Å². The number of sulfonamides is 1. The number of anilines is 1. The summed E-state index contributed by atoms with van der Waals surface area (Å²) >= 11 is 1.25. The first kappa shape index (κ1) is 24.7. The highest BCUT2D eigenvalue weighted by Crippen LogP contribution is 2.24. The normalized spacial score (nSPS) is 13.0. The second kappa shape index (κ2) is 10.6. The summed E-state index contributed by atoms with van der Waals surface area (Å²) in [6, 6.07) is 5.02. The maximum atomic E-state index is 13.3. The summed E-state index contributed by atoms with van der Waals surface area (Å²) in [6.07, 6.45) is 2.96. The number of nitrogens with one attached hydrogen (secondary N) is 1. The molecule has 1 unspecified atom stereocenters. The van der Waals surface area contributed by atoms with E-state index in [-0.39, 0.29) is 18.4 Å². The summed E-state index contributed by atoms with van der Waals surface area (Å²) in [5, 5.41) is 3.01. The maximum absolute atomic E-state index is 13.3. The molecule has 1 heterocycles. The number of rotatable bonds is 9. The molecule has 1 atom stereocenters. The highest BCUT2D eigenvalue weighted by molar-refractivity contribution is 7.93. The van der Waals surface area contributed by atoms with E-state index in [2.05, 4.69) is 4.98 Å². The van der Waals surface area contributed by atoms with Crippen molar-refractivity contribution in [3.63, 3.8) is 0 Å². The van der Waals surface area contributed by atoms with E-state index in [1.165, 1.54) is 52.8 Å². The molecule has 7 nitrogen and oxygen atoms in total. The van der Waals surface area contributed by atoms with Crippen LogP contribution in [0.4, 0.5) is 10.1 Å². The van der Waals surface area contributed by atoms with Crippen molar-refractivity contribution in [3.05, 3.63) is 52.1 Å². The van der Waals surface area contributed by atoms with Gasteiger partial charge in [0.15, 0.2) is 0 Å². The number of carbonyl (C=O) groups is 2. The van der Waals surface area contributed by atoms with Gasteiger partial charge in [0.25, 0.3) is 10.0 Å². The molecule has 10 heteroatoms. The summed E-state index contributed by atoms with van der Waals surface area (Å²) in [5.74, 6) is -3.18. The first-order valence-corrected chi connectivity index (χ1v) is 12.2. The zero-order chi connectivity index (χ0) is 23.2. The lowest BCUT2D eigenvalue weighted by Crippen LogP contribution is -2.48. The first-order chi connectivity index (χ1) is 14.5. The Kier molecular flexibility index (Phi) is 8.46. The van der Waals surface area contributed by atoms with Gasteiger partial charge in [-0.15, -0.1) is 11.3 Å². The van der Waals surface area contributed by atoms with Gasteiger partial charge in [-0.25, -0.2) is 22.5 Å². The molecule has 0 radical (unpaired) electrons. The van der Waals surface area contributed by atoms with Gasteiger partial charge in [-0.3, -0.25) is 9.59 Å². The van der Waals surface area contributed by atoms with Crippen molar-refractivity contribution in [2.24, 2.45) is 11.8 Å². The predicted molar refractivity (Wildman–Crippen MR) is 120 cm³/mol. The highest BCUT2D eigenvalue weighted by atomic mass is 32.2. The molecule has 0 bridgehead atoms. The maximum Gasteiger partial charge on any atom is 0.257 e. The van der Waals surface area contributed by atoms with Crippen molar-refractivity contribution in [2.75, 3.05) is 4.90 Å². The van der Waals surface area contributed by atoms with E-state index in [0.29, 0.717) is 10.7 Å². The van der Waals surface area contributed by atoms with Crippen LogP contribution in [-0.4, -0.2) is 31.3 Å². The van der Waals surface area contributed by atoms with E-state index in [1.807, 2.05) is 18.6 Å². The third kappa shape index (κ3) is 7.25. The minimum Gasteiger partial charge on any atom is -0.309 e. The molecule has 1 aromatic carbocycles. The summed E-state index contributed by atoms with van der Waals surface area (Å²) in [7, 11) is -4.12. The molecule has 0 saturated heterocycles. The van der Waals surface area contributed by atoms with E-state index in [9.17, 15) is 22.4 Å². The van der Waals surface area contributed by atoms with E-state index in [1.54, 1.807) is 19.2 Å². The second-order valence-corrected chi connectivity index (χ2v) is 10.1. The van der Waals surface area contributed by atoms with Crippen LogP contribution in [-0.2, 0) is 19.6 Å². The van der Waals surface area contributed by atoms with Crippen molar-refractivity contribution in [1.82, 2.24) is 9.71 Å². The molecular formula is C21H26FN3O4S2. The van der Waals surface area contributed by atoms with Crippen molar-refractivity contribution in [1.29, 1.82) is 0 Å². The zero-order valence-electron chi connectivity index (χ0n) is 17.8. The standard InChI is InChI=1S/C21H26FN3O4S2/c1-14(2)13-18(20(26)24-31(28,29)12-9-19-23-10-11-30-19)21(27)25(15(3)4)17-7-5-16(22)6-8-17/h5-12,14-15,18H,13H2,1-4H3,(H,24,26). The molecule has 2 amide bonds. The minimum atomic E-state index is -4.12. The van der Waals surface area contributed by atoms with E-state index in [4.69, 9.17) is 0 Å². The number of halogens is 1. The Morgan fingerprint density at radius 2 is 1.84 bits per heavy atom. The summed E-state index contributed by atoms with van der Waals surface area (Å²) in [4.78, 5) is 31.5. The molecule has 2 rings (SSSR count). The largest absolute Gasteiger partial charge is 0.309 e. The van der Waals surface area contributed by atoms with Crippen LogP contribution in [0.15, 0.2) is 41.3 Å².